The summed E-state index contributed by atoms with van der Waals surface area (Å²) in [6, 6.07) is 9.58. The second-order valence-corrected chi connectivity index (χ2v) is 4.85. The zero-order valence-electron chi connectivity index (χ0n) is 12.9. The van der Waals surface area contributed by atoms with E-state index in [1.54, 1.807) is 25.6 Å². The zero-order valence-corrected chi connectivity index (χ0v) is 12.9. The molecule has 116 valence electrons. The fourth-order valence-electron chi connectivity index (χ4n) is 2.10. The number of pyridine rings is 1. The lowest BCUT2D eigenvalue weighted by atomic mass is 10.1. The van der Waals surface area contributed by atoms with Gasteiger partial charge in [-0.3, -0.25) is 9.78 Å². The van der Waals surface area contributed by atoms with Crippen LogP contribution in [0, 0.1) is 0 Å². The number of aromatic nitrogens is 1. The van der Waals surface area contributed by atoms with Gasteiger partial charge in [0.05, 0.1) is 17.9 Å². The average Bonchev–Trinajstić information content (AvgIpc) is 2.56. The molecule has 0 unspecified atom stereocenters. The van der Waals surface area contributed by atoms with E-state index in [2.05, 4.69) is 22.5 Å². The van der Waals surface area contributed by atoms with Crippen LogP contribution in [0.1, 0.15) is 22.8 Å². The highest BCUT2D eigenvalue weighted by Gasteiger charge is 2.09. The summed E-state index contributed by atoms with van der Waals surface area (Å²) in [5, 5.41) is 6.10. The standard InChI is InChI=1S/C17H21N3O2/c1-3-13-6-4-5-7-16(13)20-17(21)14-10-15(12-18-11-14)19-8-9-22-2/h4-7,10-12,19H,3,8-9H2,1-2H3,(H,20,21). The molecule has 0 radical (unpaired) electrons. The van der Waals surface area contributed by atoms with Crippen LogP contribution in [0.15, 0.2) is 42.7 Å². The van der Waals surface area contributed by atoms with Crippen LogP contribution in [0.3, 0.4) is 0 Å². The van der Waals surface area contributed by atoms with Crippen LogP contribution in [-0.2, 0) is 11.2 Å². The minimum absolute atomic E-state index is 0.163. The lowest BCUT2D eigenvalue weighted by molar-refractivity contribution is 0.102. The number of rotatable bonds is 7. The highest BCUT2D eigenvalue weighted by Crippen LogP contribution is 2.17. The fourth-order valence-corrected chi connectivity index (χ4v) is 2.10. The molecule has 5 heteroatoms. The number of aryl methyl sites for hydroxylation is 1. The summed E-state index contributed by atoms with van der Waals surface area (Å²) >= 11 is 0. The van der Waals surface area contributed by atoms with E-state index in [4.69, 9.17) is 4.74 Å². The number of anilines is 2. The maximum Gasteiger partial charge on any atom is 0.257 e. The van der Waals surface area contributed by atoms with Crippen LogP contribution >= 0.6 is 0 Å². The number of ether oxygens (including phenoxy) is 1. The number of para-hydroxylation sites is 1. The van der Waals surface area contributed by atoms with Crippen molar-refractivity contribution in [1.29, 1.82) is 0 Å². The number of hydrogen-bond donors (Lipinski definition) is 2. The molecule has 0 saturated heterocycles. The maximum atomic E-state index is 12.4. The molecule has 0 aliphatic rings. The second-order valence-electron chi connectivity index (χ2n) is 4.85. The van der Waals surface area contributed by atoms with E-state index in [9.17, 15) is 4.79 Å². The van der Waals surface area contributed by atoms with E-state index >= 15 is 0 Å². The molecule has 1 aromatic heterocycles. The molecule has 0 aliphatic carbocycles. The molecule has 1 amide bonds. The van der Waals surface area contributed by atoms with Crippen LogP contribution in [0.5, 0.6) is 0 Å². The van der Waals surface area contributed by atoms with Crippen molar-refractivity contribution < 1.29 is 9.53 Å². The molecule has 0 spiro atoms. The predicted molar refractivity (Wildman–Crippen MR) is 88.4 cm³/mol. The Bertz CT molecular complexity index is 629. The quantitative estimate of drug-likeness (QED) is 0.772. The highest BCUT2D eigenvalue weighted by molar-refractivity contribution is 6.04. The summed E-state index contributed by atoms with van der Waals surface area (Å²) < 4.78 is 4.98. The molecule has 0 saturated carbocycles. The van der Waals surface area contributed by atoms with E-state index in [1.165, 1.54) is 0 Å². The Balaban J connectivity index is 2.07. The molecule has 22 heavy (non-hydrogen) atoms. The Morgan fingerprint density at radius 2 is 2.09 bits per heavy atom. The van der Waals surface area contributed by atoms with E-state index < -0.39 is 0 Å². The van der Waals surface area contributed by atoms with Gasteiger partial charge in [0.25, 0.3) is 5.91 Å². The van der Waals surface area contributed by atoms with Crippen molar-refractivity contribution in [2.24, 2.45) is 0 Å². The molecular formula is C17H21N3O2. The summed E-state index contributed by atoms with van der Waals surface area (Å²) in [5.41, 5.74) is 3.27. The third kappa shape index (κ3) is 4.30. The smallest absolute Gasteiger partial charge is 0.257 e. The number of benzene rings is 1. The Labute approximate surface area is 130 Å². The van der Waals surface area contributed by atoms with Crippen LogP contribution in [0.2, 0.25) is 0 Å². The average molecular weight is 299 g/mol. The van der Waals surface area contributed by atoms with Crippen molar-refractivity contribution in [3.8, 4) is 0 Å². The molecule has 0 atom stereocenters. The molecule has 2 aromatic rings. The molecule has 1 heterocycles. The van der Waals surface area contributed by atoms with Gasteiger partial charge in [-0.2, -0.15) is 0 Å². The molecule has 2 rings (SSSR count). The summed E-state index contributed by atoms with van der Waals surface area (Å²) in [6.45, 7) is 3.33. The minimum atomic E-state index is -0.163. The number of nitrogens with one attached hydrogen (secondary N) is 2. The largest absolute Gasteiger partial charge is 0.383 e. The topological polar surface area (TPSA) is 63.2 Å². The number of amides is 1. The first-order valence-electron chi connectivity index (χ1n) is 7.31. The second kappa shape index (κ2) is 8.14. The van der Waals surface area contributed by atoms with Gasteiger partial charge in [-0.15, -0.1) is 0 Å². The van der Waals surface area contributed by atoms with Gasteiger partial charge in [-0.05, 0) is 24.1 Å². The van der Waals surface area contributed by atoms with Crippen molar-refractivity contribution in [2.45, 2.75) is 13.3 Å². The molecule has 1 aromatic carbocycles. The van der Waals surface area contributed by atoms with Gasteiger partial charge in [0.15, 0.2) is 0 Å². The first kappa shape index (κ1) is 16.0. The van der Waals surface area contributed by atoms with Crippen molar-refractivity contribution in [3.05, 3.63) is 53.9 Å². The molecule has 0 fully saturated rings. The van der Waals surface area contributed by atoms with Crippen molar-refractivity contribution in [2.75, 3.05) is 30.9 Å². The van der Waals surface area contributed by atoms with E-state index in [0.717, 1.165) is 23.4 Å². The molecule has 0 bridgehead atoms. The van der Waals surface area contributed by atoms with Crippen molar-refractivity contribution in [1.82, 2.24) is 4.98 Å². The fraction of sp³-hybridized carbons (Fsp3) is 0.294. The van der Waals surface area contributed by atoms with Gasteiger partial charge in [-0.25, -0.2) is 0 Å². The molecule has 2 N–H and O–H groups in total. The number of nitrogens with zero attached hydrogens (tertiary/aromatic N) is 1. The summed E-state index contributed by atoms with van der Waals surface area (Å²) in [6.07, 6.45) is 4.12. The number of carbonyl (C=O) groups excluding carboxylic acids is 1. The normalized spacial score (nSPS) is 10.3. The Morgan fingerprint density at radius 1 is 1.27 bits per heavy atom. The SMILES string of the molecule is CCc1ccccc1NC(=O)c1cncc(NCCOC)c1. The maximum absolute atomic E-state index is 12.4. The van der Waals surface area contributed by atoms with Gasteiger partial charge in [0.2, 0.25) is 0 Å². The first-order valence-corrected chi connectivity index (χ1v) is 7.31. The van der Waals surface area contributed by atoms with Crippen molar-refractivity contribution >= 4 is 17.3 Å². The predicted octanol–water partition coefficient (Wildman–Crippen LogP) is 2.95. The van der Waals surface area contributed by atoms with E-state index in [0.29, 0.717) is 18.7 Å². The van der Waals surface area contributed by atoms with Crippen LogP contribution in [-0.4, -0.2) is 31.2 Å². The zero-order chi connectivity index (χ0) is 15.8. The Hall–Kier alpha value is -2.40. The van der Waals surface area contributed by atoms with Crippen molar-refractivity contribution in [3.63, 3.8) is 0 Å². The van der Waals surface area contributed by atoms with Crippen LogP contribution in [0.4, 0.5) is 11.4 Å². The lowest BCUT2D eigenvalue weighted by Crippen LogP contribution is -2.14. The number of carbonyl (C=O) groups is 1. The summed E-state index contributed by atoms with van der Waals surface area (Å²) in [4.78, 5) is 16.5. The third-order valence-electron chi connectivity index (χ3n) is 3.28. The molecular weight excluding hydrogens is 278 g/mol. The Morgan fingerprint density at radius 3 is 2.86 bits per heavy atom. The first-order chi connectivity index (χ1) is 10.7. The number of hydrogen-bond acceptors (Lipinski definition) is 4. The van der Waals surface area contributed by atoms with Gasteiger partial charge < -0.3 is 15.4 Å². The van der Waals surface area contributed by atoms with Gasteiger partial charge in [0, 0.05) is 31.7 Å². The number of methoxy groups -OCH3 is 1. The highest BCUT2D eigenvalue weighted by atomic mass is 16.5. The molecule has 5 nitrogen and oxygen atoms in total. The minimum Gasteiger partial charge on any atom is -0.383 e. The van der Waals surface area contributed by atoms with Gasteiger partial charge >= 0.3 is 0 Å². The van der Waals surface area contributed by atoms with Crippen LogP contribution < -0.4 is 10.6 Å². The molecule has 0 aliphatic heterocycles. The van der Waals surface area contributed by atoms with E-state index in [-0.39, 0.29) is 5.91 Å². The Kier molecular flexibility index (Phi) is 5.91. The van der Waals surface area contributed by atoms with Crippen LogP contribution in [0.25, 0.3) is 0 Å². The summed E-state index contributed by atoms with van der Waals surface area (Å²) in [5.74, 6) is -0.163. The third-order valence-corrected chi connectivity index (χ3v) is 3.28. The van der Waals surface area contributed by atoms with Gasteiger partial charge in [-0.1, -0.05) is 25.1 Å². The van der Waals surface area contributed by atoms with Gasteiger partial charge in [0.1, 0.15) is 0 Å². The monoisotopic (exact) mass is 299 g/mol. The summed E-state index contributed by atoms with van der Waals surface area (Å²) in [7, 11) is 1.65. The van der Waals surface area contributed by atoms with E-state index in [1.807, 2.05) is 24.3 Å². The lowest BCUT2D eigenvalue weighted by Gasteiger charge is -2.10.